The lowest BCUT2D eigenvalue weighted by Gasteiger charge is -2.45. The van der Waals surface area contributed by atoms with E-state index in [-0.39, 0.29) is 39.7 Å². The lowest BCUT2D eigenvalue weighted by Crippen LogP contribution is -2.56. The van der Waals surface area contributed by atoms with Gasteiger partial charge in [0.05, 0.1) is 10.5 Å². The van der Waals surface area contributed by atoms with Gasteiger partial charge in [-0.3, -0.25) is 0 Å². The van der Waals surface area contributed by atoms with Gasteiger partial charge in [0.1, 0.15) is 17.4 Å². The average molecular weight is 546 g/mol. The number of halogens is 2. The Kier molecular flexibility index (Phi) is 6.27. The number of pyridine rings is 1. The fourth-order valence-corrected chi connectivity index (χ4v) is 7.52. The van der Waals surface area contributed by atoms with Gasteiger partial charge in [0.2, 0.25) is 0 Å². The van der Waals surface area contributed by atoms with Gasteiger partial charge in [0, 0.05) is 44.3 Å². The van der Waals surface area contributed by atoms with Crippen LogP contribution in [0.15, 0.2) is 22.2 Å². The smallest absolute Gasteiger partial charge is 0.179 e. The predicted octanol–water partition coefficient (Wildman–Crippen LogP) is 3.91. The molecule has 2 aromatic rings. The summed E-state index contributed by atoms with van der Waals surface area (Å²) in [6.07, 6.45) is 8.39. The summed E-state index contributed by atoms with van der Waals surface area (Å²) < 4.78 is 29.6. The number of hydrogen-bond donors (Lipinski definition) is 3. The normalized spacial score (nSPS) is 24.3. The third-order valence-corrected chi connectivity index (χ3v) is 10.7. The van der Waals surface area contributed by atoms with Crippen molar-refractivity contribution in [2.24, 2.45) is 22.5 Å². The summed E-state index contributed by atoms with van der Waals surface area (Å²) in [5, 5.41) is 10.5. The van der Waals surface area contributed by atoms with Crippen molar-refractivity contribution in [3.63, 3.8) is 0 Å². The van der Waals surface area contributed by atoms with Crippen molar-refractivity contribution < 1.29 is 13.9 Å². The van der Waals surface area contributed by atoms with Crippen LogP contribution in [0, 0.1) is 22.6 Å². The Morgan fingerprint density at radius 2 is 1.68 bits per heavy atom. The Morgan fingerprint density at radius 1 is 1.05 bits per heavy atom. The number of nitrogen functional groups attached to an aromatic ring is 1. The molecule has 206 valence electrons. The van der Waals surface area contributed by atoms with E-state index in [1.807, 2.05) is 0 Å². The van der Waals surface area contributed by atoms with Crippen LogP contribution in [0.2, 0.25) is 0 Å². The van der Waals surface area contributed by atoms with Gasteiger partial charge < -0.3 is 26.4 Å². The highest BCUT2D eigenvalue weighted by molar-refractivity contribution is 7.99. The molecule has 2 saturated heterocycles. The van der Waals surface area contributed by atoms with Gasteiger partial charge in [-0.2, -0.15) is 0 Å². The first kappa shape index (κ1) is 26.0. The molecule has 6 rings (SSSR count). The molecule has 8 nitrogen and oxygen atoms in total. The molecule has 5 N–H and O–H groups in total. The standard InChI is InChI=1S/C27H37F2N7OS/c1-25(2,37)16-14-36(15-16)22-19(29)18(3-10-32-22)38-23-20(30)34-21(17(13-28)33-23)35-11-8-27(9-12-35)7-6-26(4-5-26)24(27)31/h3,10,16,24,37H,4-9,11-15,31H2,1-2H3,(H2,30,34)/t24-/m1/s1. The number of nitrogens with two attached hydrogens (primary N) is 2. The van der Waals surface area contributed by atoms with E-state index in [9.17, 15) is 9.50 Å². The number of rotatable bonds is 6. The van der Waals surface area contributed by atoms with Crippen LogP contribution in [0.5, 0.6) is 0 Å². The van der Waals surface area contributed by atoms with E-state index >= 15 is 4.39 Å². The summed E-state index contributed by atoms with van der Waals surface area (Å²) in [5.41, 5.74) is 13.0. The topological polar surface area (TPSA) is 117 Å². The second-order valence-electron chi connectivity index (χ2n) is 12.3. The quantitative estimate of drug-likeness (QED) is 0.497. The molecule has 0 radical (unpaired) electrons. The second-order valence-corrected chi connectivity index (χ2v) is 13.3. The van der Waals surface area contributed by atoms with Crippen LogP contribution >= 0.6 is 11.8 Å². The highest BCUT2D eigenvalue weighted by atomic mass is 32.2. The van der Waals surface area contributed by atoms with Crippen molar-refractivity contribution in [1.29, 1.82) is 0 Å². The Hall–Kier alpha value is -2.24. The Bertz CT molecular complexity index is 1220. The first-order valence-electron chi connectivity index (χ1n) is 13.6. The van der Waals surface area contributed by atoms with E-state index in [0.717, 1.165) is 37.7 Å². The molecule has 0 amide bonds. The van der Waals surface area contributed by atoms with Crippen LogP contribution in [0.1, 0.15) is 58.1 Å². The molecule has 4 aliphatic rings. The number of aliphatic hydroxyl groups is 1. The van der Waals surface area contributed by atoms with E-state index < -0.39 is 18.1 Å². The number of anilines is 3. The zero-order valence-corrected chi connectivity index (χ0v) is 22.9. The molecule has 0 aromatic carbocycles. The SMILES string of the molecule is CC(C)(O)C1CN(c2nccc(Sc3nc(CF)c(N4CCC5(CC4)CCC4(CC4)[C@H]5N)nc3N)c2F)C1. The van der Waals surface area contributed by atoms with Crippen molar-refractivity contribution in [3.8, 4) is 0 Å². The van der Waals surface area contributed by atoms with Gasteiger partial charge in [-0.1, -0.05) is 11.8 Å². The van der Waals surface area contributed by atoms with E-state index in [1.165, 1.54) is 31.9 Å². The van der Waals surface area contributed by atoms with Crippen molar-refractivity contribution in [2.75, 3.05) is 41.7 Å². The van der Waals surface area contributed by atoms with Crippen LogP contribution in [0.4, 0.5) is 26.2 Å². The molecular weight excluding hydrogens is 508 g/mol. The summed E-state index contributed by atoms with van der Waals surface area (Å²) in [5.74, 6) is 0.419. The number of piperidine rings is 1. The van der Waals surface area contributed by atoms with Gasteiger partial charge in [0.15, 0.2) is 23.3 Å². The maximum absolute atomic E-state index is 15.4. The first-order valence-corrected chi connectivity index (χ1v) is 14.4. The molecule has 11 heteroatoms. The zero-order chi connectivity index (χ0) is 26.9. The Morgan fingerprint density at radius 3 is 2.29 bits per heavy atom. The van der Waals surface area contributed by atoms with Crippen molar-refractivity contribution in [2.45, 2.75) is 80.6 Å². The Balaban J connectivity index is 1.17. The summed E-state index contributed by atoms with van der Waals surface area (Å²) in [6, 6.07) is 1.81. The number of alkyl halides is 1. The molecule has 2 saturated carbocycles. The lowest BCUT2D eigenvalue weighted by atomic mass is 9.72. The maximum atomic E-state index is 15.4. The van der Waals surface area contributed by atoms with E-state index in [1.54, 1.807) is 24.8 Å². The summed E-state index contributed by atoms with van der Waals surface area (Å²) in [4.78, 5) is 17.4. The molecule has 1 atom stereocenters. The summed E-state index contributed by atoms with van der Waals surface area (Å²) in [7, 11) is 0. The largest absolute Gasteiger partial charge is 0.390 e. The third kappa shape index (κ3) is 4.30. The molecule has 4 heterocycles. The van der Waals surface area contributed by atoms with Gasteiger partial charge in [-0.15, -0.1) is 0 Å². The number of hydrogen-bond acceptors (Lipinski definition) is 9. The molecular formula is C27H37F2N7OS. The monoisotopic (exact) mass is 545 g/mol. The van der Waals surface area contributed by atoms with Crippen molar-refractivity contribution in [3.05, 3.63) is 23.8 Å². The maximum Gasteiger partial charge on any atom is 0.179 e. The molecule has 0 unspecified atom stereocenters. The van der Waals surface area contributed by atoms with Crippen LogP contribution in [0.3, 0.4) is 0 Å². The van der Waals surface area contributed by atoms with Gasteiger partial charge in [-0.25, -0.2) is 23.7 Å². The van der Waals surface area contributed by atoms with Crippen LogP contribution in [-0.4, -0.2) is 57.9 Å². The molecule has 2 aliphatic heterocycles. The minimum Gasteiger partial charge on any atom is -0.390 e. The van der Waals surface area contributed by atoms with Gasteiger partial charge in [0.25, 0.3) is 0 Å². The van der Waals surface area contributed by atoms with Crippen molar-refractivity contribution >= 4 is 29.2 Å². The first-order chi connectivity index (χ1) is 18.1. The lowest BCUT2D eigenvalue weighted by molar-refractivity contribution is 0.00416. The summed E-state index contributed by atoms with van der Waals surface area (Å²) in [6.45, 7) is 5.28. The highest BCUT2D eigenvalue weighted by Gasteiger charge is 2.61. The summed E-state index contributed by atoms with van der Waals surface area (Å²) >= 11 is 1.03. The van der Waals surface area contributed by atoms with Crippen LogP contribution in [-0.2, 0) is 6.67 Å². The average Bonchev–Trinajstić information content (AvgIpc) is 3.60. The molecule has 2 aliphatic carbocycles. The third-order valence-electron chi connectivity index (χ3n) is 9.68. The van der Waals surface area contributed by atoms with Gasteiger partial charge in [-0.05, 0) is 69.3 Å². The molecule has 2 aromatic heterocycles. The number of aromatic nitrogens is 3. The van der Waals surface area contributed by atoms with Crippen LogP contribution < -0.4 is 21.3 Å². The van der Waals surface area contributed by atoms with E-state index in [2.05, 4.69) is 19.9 Å². The van der Waals surface area contributed by atoms with E-state index in [0.29, 0.717) is 29.2 Å². The minimum atomic E-state index is -0.828. The van der Waals surface area contributed by atoms with E-state index in [4.69, 9.17) is 11.5 Å². The number of nitrogens with zero attached hydrogens (tertiary/aromatic N) is 5. The molecule has 4 fully saturated rings. The Labute approximate surface area is 226 Å². The zero-order valence-electron chi connectivity index (χ0n) is 22.1. The van der Waals surface area contributed by atoms with Crippen LogP contribution in [0.25, 0.3) is 0 Å². The second kappa shape index (κ2) is 9.16. The highest BCUT2D eigenvalue weighted by Crippen LogP contribution is 2.65. The van der Waals surface area contributed by atoms with Crippen molar-refractivity contribution in [1.82, 2.24) is 15.0 Å². The molecule has 0 bridgehead atoms. The fourth-order valence-electron chi connectivity index (χ4n) is 6.70. The van der Waals surface area contributed by atoms with Gasteiger partial charge >= 0.3 is 0 Å². The minimum absolute atomic E-state index is 0.0464. The predicted molar refractivity (Wildman–Crippen MR) is 144 cm³/mol. The molecule has 2 spiro atoms. The fraction of sp³-hybridized carbons (Fsp3) is 0.667. The molecule has 38 heavy (non-hydrogen) atoms.